The lowest BCUT2D eigenvalue weighted by Gasteiger charge is -2.02. The van der Waals surface area contributed by atoms with Gasteiger partial charge in [0.25, 0.3) is 0 Å². The summed E-state index contributed by atoms with van der Waals surface area (Å²) >= 11 is 0. The molecule has 14 heavy (non-hydrogen) atoms. The highest BCUT2D eigenvalue weighted by Crippen LogP contribution is 2.09. The number of carbonyl (C=O) groups excluding carboxylic acids is 1. The minimum absolute atomic E-state index is 0.146. The fraction of sp³-hybridized carbons (Fsp3) is 0.273. The van der Waals surface area contributed by atoms with Crippen molar-refractivity contribution in [2.24, 2.45) is 0 Å². The maximum Gasteiger partial charge on any atom is 0.303 e. The summed E-state index contributed by atoms with van der Waals surface area (Å²) in [5, 5.41) is 8.45. The molecule has 0 bridgehead atoms. The van der Waals surface area contributed by atoms with Gasteiger partial charge in [0.15, 0.2) is 0 Å². The molecule has 0 radical (unpaired) electrons. The third kappa shape index (κ3) is 3.01. The summed E-state index contributed by atoms with van der Waals surface area (Å²) < 4.78 is 0. The standard InChI is InChI=1S/C11H12O3/c12-8-10-5-2-1-4-9(10)6-3-7-11(13)14/h1-2,4-5,8H,3,6-7H2,(H,13,14). The number of carbonyl (C=O) groups is 2. The van der Waals surface area contributed by atoms with Gasteiger partial charge in [-0.1, -0.05) is 24.3 Å². The number of aryl methyl sites for hydroxylation is 1. The number of rotatable bonds is 5. The van der Waals surface area contributed by atoms with Gasteiger partial charge in [-0.3, -0.25) is 9.59 Å². The topological polar surface area (TPSA) is 54.4 Å². The van der Waals surface area contributed by atoms with E-state index >= 15 is 0 Å². The quantitative estimate of drug-likeness (QED) is 0.725. The molecule has 0 amide bonds. The molecule has 0 spiro atoms. The molecule has 74 valence electrons. The number of hydrogen-bond donors (Lipinski definition) is 1. The van der Waals surface area contributed by atoms with Crippen LogP contribution < -0.4 is 0 Å². The molecular formula is C11H12O3. The van der Waals surface area contributed by atoms with Gasteiger partial charge in [0.05, 0.1) is 0 Å². The van der Waals surface area contributed by atoms with Crippen molar-refractivity contribution in [3.05, 3.63) is 35.4 Å². The Morgan fingerprint density at radius 1 is 1.36 bits per heavy atom. The molecule has 0 unspecified atom stereocenters. The van der Waals surface area contributed by atoms with Crippen LogP contribution in [-0.2, 0) is 11.2 Å². The fourth-order valence-electron chi connectivity index (χ4n) is 1.31. The van der Waals surface area contributed by atoms with E-state index in [-0.39, 0.29) is 6.42 Å². The van der Waals surface area contributed by atoms with Gasteiger partial charge in [-0.05, 0) is 18.4 Å². The first kappa shape index (κ1) is 10.4. The smallest absolute Gasteiger partial charge is 0.303 e. The minimum Gasteiger partial charge on any atom is -0.481 e. The Kier molecular flexibility index (Phi) is 3.85. The van der Waals surface area contributed by atoms with E-state index in [1.165, 1.54) is 0 Å². The van der Waals surface area contributed by atoms with Gasteiger partial charge in [-0.25, -0.2) is 0 Å². The lowest BCUT2D eigenvalue weighted by Crippen LogP contribution is -1.98. The van der Waals surface area contributed by atoms with Gasteiger partial charge in [0.2, 0.25) is 0 Å². The lowest BCUT2D eigenvalue weighted by molar-refractivity contribution is -0.137. The molecule has 0 saturated carbocycles. The van der Waals surface area contributed by atoms with Crippen LogP contribution in [0.1, 0.15) is 28.8 Å². The van der Waals surface area contributed by atoms with Crippen LogP contribution in [-0.4, -0.2) is 17.4 Å². The van der Waals surface area contributed by atoms with Crippen molar-refractivity contribution in [1.29, 1.82) is 0 Å². The summed E-state index contributed by atoms with van der Waals surface area (Å²) in [7, 11) is 0. The molecule has 3 heteroatoms. The molecule has 0 heterocycles. The van der Waals surface area contributed by atoms with E-state index in [0.29, 0.717) is 18.4 Å². The number of aliphatic carboxylic acids is 1. The summed E-state index contributed by atoms with van der Waals surface area (Å²) in [4.78, 5) is 20.9. The van der Waals surface area contributed by atoms with Crippen molar-refractivity contribution in [3.63, 3.8) is 0 Å². The maximum absolute atomic E-state index is 10.6. The Bertz CT molecular complexity index is 331. The summed E-state index contributed by atoms with van der Waals surface area (Å²) in [6, 6.07) is 7.24. The van der Waals surface area contributed by atoms with Crippen molar-refractivity contribution in [2.45, 2.75) is 19.3 Å². The van der Waals surface area contributed by atoms with Crippen molar-refractivity contribution < 1.29 is 14.7 Å². The van der Waals surface area contributed by atoms with E-state index < -0.39 is 5.97 Å². The normalized spacial score (nSPS) is 9.71. The Hall–Kier alpha value is -1.64. The highest BCUT2D eigenvalue weighted by atomic mass is 16.4. The van der Waals surface area contributed by atoms with Crippen LogP contribution in [0.2, 0.25) is 0 Å². The van der Waals surface area contributed by atoms with E-state index in [4.69, 9.17) is 5.11 Å². The molecule has 1 rings (SSSR count). The molecule has 1 aromatic carbocycles. The molecule has 0 aliphatic rings. The highest BCUT2D eigenvalue weighted by molar-refractivity contribution is 5.77. The molecule has 0 fully saturated rings. The molecule has 0 atom stereocenters. The summed E-state index contributed by atoms with van der Waals surface area (Å²) in [6.07, 6.45) is 2.16. The van der Waals surface area contributed by atoms with Gasteiger partial charge >= 0.3 is 5.97 Å². The van der Waals surface area contributed by atoms with Crippen LogP contribution in [0.15, 0.2) is 24.3 Å². The van der Waals surface area contributed by atoms with Gasteiger partial charge in [0, 0.05) is 12.0 Å². The molecule has 1 N–H and O–H groups in total. The first-order valence-electron chi connectivity index (χ1n) is 4.49. The zero-order chi connectivity index (χ0) is 10.4. The van der Waals surface area contributed by atoms with Crippen LogP contribution in [0, 0.1) is 0 Å². The third-order valence-corrected chi connectivity index (χ3v) is 2.02. The summed E-state index contributed by atoms with van der Waals surface area (Å²) in [6.45, 7) is 0. The zero-order valence-corrected chi connectivity index (χ0v) is 7.77. The van der Waals surface area contributed by atoms with Crippen LogP contribution in [0.25, 0.3) is 0 Å². The molecular weight excluding hydrogens is 180 g/mol. The molecule has 0 saturated heterocycles. The maximum atomic E-state index is 10.6. The van der Waals surface area contributed by atoms with Crippen LogP contribution in [0.4, 0.5) is 0 Å². The summed E-state index contributed by atoms with van der Waals surface area (Å²) in [5.74, 6) is -0.798. The SMILES string of the molecule is O=Cc1ccccc1CCCC(=O)O. The van der Waals surface area contributed by atoms with E-state index in [9.17, 15) is 9.59 Å². The largest absolute Gasteiger partial charge is 0.481 e. The second-order valence-corrected chi connectivity index (χ2v) is 3.06. The van der Waals surface area contributed by atoms with Gasteiger partial charge in [-0.15, -0.1) is 0 Å². The van der Waals surface area contributed by atoms with Crippen molar-refractivity contribution in [2.75, 3.05) is 0 Å². The molecule has 0 aliphatic heterocycles. The van der Waals surface area contributed by atoms with Crippen molar-refractivity contribution >= 4 is 12.3 Å². The molecule has 3 nitrogen and oxygen atoms in total. The van der Waals surface area contributed by atoms with Gasteiger partial charge in [0.1, 0.15) is 6.29 Å². The van der Waals surface area contributed by atoms with E-state index in [2.05, 4.69) is 0 Å². The zero-order valence-electron chi connectivity index (χ0n) is 7.77. The predicted octanol–water partition coefficient (Wildman–Crippen LogP) is 1.91. The first-order valence-corrected chi connectivity index (χ1v) is 4.49. The molecule has 1 aromatic rings. The van der Waals surface area contributed by atoms with Crippen molar-refractivity contribution in [1.82, 2.24) is 0 Å². The Labute approximate surface area is 82.4 Å². The number of carboxylic acid groups (broad SMARTS) is 1. The highest BCUT2D eigenvalue weighted by Gasteiger charge is 2.02. The van der Waals surface area contributed by atoms with Gasteiger partial charge < -0.3 is 5.11 Å². The molecule has 0 aliphatic carbocycles. The lowest BCUT2D eigenvalue weighted by atomic mass is 10.0. The van der Waals surface area contributed by atoms with Crippen LogP contribution in [0.3, 0.4) is 0 Å². The summed E-state index contributed by atoms with van der Waals surface area (Å²) in [5.41, 5.74) is 1.57. The second kappa shape index (κ2) is 5.17. The van der Waals surface area contributed by atoms with E-state index in [1.807, 2.05) is 12.1 Å². The van der Waals surface area contributed by atoms with E-state index in [0.717, 1.165) is 11.8 Å². The Morgan fingerprint density at radius 3 is 2.71 bits per heavy atom. The van der Waals surface area contributed by atoms with Crippen LogP contribution >= 0.6 is 0 Å². The number of aldehydes is 1. The monoisotopic (exact) mass is 192 g/mol. The average Bonchev–Trinajstić information content (AvgIpc) is 2.18. The molecule has 0 aromatic heterocycles. The fourth-order valence-corrected chi connectivity index (χ4v) is 1.31. The van der Waals surface area contributed by atoms with Crippen LogP contribution in [0.5, 0.6) is 0 Å². The number of benzene rings is 1. The van der Waals surface area contributed by atoms with Crippen molar-refractivity contribution in [3.8, 4) is 0 Å². The third-order valence-electron chi connectivity index (χ3n) is 2.02. The Balaban J connectivity index is 2.57. The predicted molar refractivity (Wildman–Crippen MR) is 52.4 cm³/mol. The minimum atomic E-state index is -0.798. The second-order valence-electron chi connectivity index (χ2n) is 3.06. The van der Waals surface area contributed by atoms with Gasteiger partial charge in [-0.2, -0.15) is 0 Å². The average molecular weight is 192 g/mol. The van der Waals surface area contributed by atoms with E-state index in [1.54, 1.807) is 12.1 Å². The first-order chi connectivity index (χ1) is 6.74. The number of carboxylic acids is 1. The number of hydrogen-bond acceptors (Lipinski definition) is 2. The Morgan fingerprint density at radius 2 is 2.07 bits per heavy atom.